The highest BCUT2D eigenvalue weighted by atomic mass is 16.5. The second-order valence-corrected chi connectivity index (χ2v) is 4.70. The van der Waals surface area contributed by atoms with Crippen LogP contribution in [0.3, 0.4) is 0 Å². The van der Waals surface area contributed by atoms with Crippen LogP contribution >= 0.6 is 0 Å². The van der Waals surface area contributed by atoms with Gasteiger partial charge in [0.25, 0.3) is 0 Å². The number of carbonyl (C=O) groups excluding carboxylic acids is 1. The van der Waals surface area contributed by atoms with Crippen LogP contribution in [0.25, 0.3) is 22.3 Å². The second-order valence-electron chi connectivity index (χ2n) is 4.70. The molecule has 0 saturated heterocycles. The van der Waals surface area contributed by atoms with Crippen LogP contribution in [0, 0.1) is 0 Å². The van der Waals surface area contributed by atoms with Gasteiger partial charge in [-0.1, -0.05) is 0 Å². The third kappa shape index (κ3) is 2.50. The van der Waals surface area contributed by atoms with Crippen LogP contribution in [0.1, 0.15) is 6.92 Å². The Morgan fingerprint density at radius 3 is 3.14 bits per heavy atom. The van der Waals surface area contributed by atoms with Crippen molar-refractivity contribution in [3.63, 3.8) is 0 Å². The predicted octanol–water partition coefficient (Wildman–Crippen LogP) is 1.33. The summed E-state index contributed by atoms with van der Waals surface area (Å²) < 4.78 is 6.82. The van der Waals surface area contributed by atoms with Crippen molar-refractivity contribution in [2.45, 2.75) is 6.92 Å². The summed E-state index contributed by atoms with van der Waals surface area (Å²) in [6.07, 6.45) is 5.11. The van der Waals surface area contributed by atoms with Crippen molar-refractivity contribution >= 4 is 22.8 Å². The first-order valence-electron chi connectivity index (χ1n) is 6.90. The van der Waals surface area contributed by atoms with Gasteiger partial charge in [0.15, 0.2) is 0 Å². The van der Waals surface area contributed by atoms with E-state index in [0.29, 0.717) is 12.4 Å². The first-order chi connectivity index (χ1) is 10.7. The molecule has 0 aromatic carbocycles. The number of anilines is 1. The minimum atomic E-state index is -0.324. The molecule has 0 atom stereocenters. The molecule has 3 heterocycles. The molecule has 0 aliphatic carbocycles. The van der Waals surface area contributed by atoms with Gasteiger partial charge in [0.1, 0.15) is 24.3 Å². The normalized spacial score (nSPS) is 10.8. The lowest BCUT2D eigenvalue weighted by Crippen LogP contribution is -2.17. The third-order valence-corrected chi connectivity index (χ3v) is 3.27. The fourth-order valence-electron chi connectivity index (χ4n) is 2.27. The van der Waals surface area contributed by atoms with Crippen molar-refractivity contribution in [1.29, 1.82) is 0 Å². The van der Waals surface area contributed by atoms with Crippen molar-refractivity contribution < 1.29 is 9.53 Å². The van der Waals surface area contributed by atoms with Gasteiger partial charge in [-0.3, -0.25) is 9.89 Å². The van der Waals surface area contributed by atoms with E-state index in [1.165, 1.54) is 6.33 Å². The molecule has 0 bridgehead atoms. The minimum Gasteiger partial charge on any atom is -0.465 e. The van der Waals surface area contributed by atoms with Crippen molar-refractivity contribution in [2.24, 2.45) is 7.05 Å². The van der Waals surface area contributed by atoms with Crippen LogP contribution in [-0.2, 0) is 16.6 Å². The number of H-pyrrole nitrogens is 1. The van der Waals surface area contributed by atoms with E-state index >= 15 is 0 Å². The minimum absolute atomic E-state index is 0.0616. The number of hydrogen-bond acceptors (Lipinski definition) is 6. The summed E-state index contributed by atoms with van der Waals surface area (Å²) >= 11 is 0. The molecule has 0 fully saturated rings. The number of nitrogens with one attached hydrogen (secondary N) is 2. The zero-order valence-corrected chi connectivity index (χ0v) is 12.3. The van der Waals surface area contributed by atoms with Crippen LogP contribution in [0.4, 0.5) is 5.82 Å². The number of ether oxygens (including phenoxy) is 1. The Morgan fingerprint density at radius 2 is 2.32 bits per heavy atom. The summed E-state index contributed by atoms with van der Waals surface area (Å²) in [4.78, 5) is 20.1. The van der Waals surface area contributed by atoms with E-state index in [1.54, 1.807) is 13.1 Å². The summed E-state index contributed by atoms with van der Waals surface area (Å²) in [5, 5.41) is 10.8. The lowest BCUT2D eigenvalue weighted by atomic mass is 10.1. The number of esters is 1. The molecule has 8 nitrogen and oxygen atoms in total. The molecule has 0 spiro atoms. The number of rotatable bonds is 5. The zero-order chi connectivity index (χ0) is 15.5. The molecule has 0 saturated carbocycles. The Hall–Kier alpha value is -2.90. The summed E-state index contributed by atoms with van der Waals surface area (Å²) in [6.45, 7) is 2.19. The lowest BCUT2D eigenvalue weighted by molar-refractivity contribution is -0.140. The molecule has 3 aromatic rings. The number of aryl methyl sites for hydroxylation is 1. The fraction of sp³-hybridized carbons (Fsp3) is 0.286. The largest absolute Gasteiger partial charge is 0.465 e. The molecule has 0 amide bonds. The Labute approximate surface area is 126 Å². The number of aromatic nitrogens is 5. The van der Waals surface area contributed by atoms with Crippen molar-refractivity contribution in [1.82, 2.24) is 24.7 Å². The summed E-state index contributed by atoms with van der Waals surface area (Å²) in [6, 6.07) is 1.95. The quantitative estimate of drug-likeness (QED) is 0.690. The fourth-order valence-corrected chi connectivity index (χ4v) is 2.27. The summed E-state index contributed by atoms with van der Waals surface area (Å²) in [5.41, 5.74) is 2.37. The molecule has 114 valence electrons. The van der Waals surface area contributed by atoms with Crippen LogP contribution in [0.2, 0.25) is 0 Å². The molecule has 3 aromatic heterocycles. The molecular weight excluding hydrogens is 284 g/mol. The van der Waals surface area contributed by atoms with Gasteiger partial charge in [-0.2, -0.15) is 5.10 Å². The molecule has 22 heavy (non-hydrogen) atoms. The average molecular weight is 300 g/mol. The van der Waals surface area contributed by atoms with Crippen LogP contribution in [0.15, 0.2) is 24.8 Å². The molecular formula is C14H16N6O2. The number of nitrogens with zero attached hydrogens (tertiary/aromatic N) is 4. The van der Waals surface area contributed by atoms with Crippen molar-refractivity contribution in [3.8, 4) is 11.3 Å². The highest BCUT2D eigenvalue weighted by molar-refractivity contribution is 5.94. The molecule has 8 heteroatoms. The van der Waals surface area contributed by atoms with E-state index in [2.05, 4.69) is 25.5 Å². The van der Waals surface area contributed by atoms with Gasteiger partial charge in [-0.15, -0.1) is 0 Å². The van der Waals surface area contributed by atoms with Gasteiger partial charge >= 0.3 is 5.97 Å². The van der Waals surface area contributed by atoms with E-state index in [1.807, 2.05) is 23.9 Å². The van der Waals surface area contributed by atoms with Crippen molar-refractivity contribution in [3.05, 3.63) is 24.8 Å². The maximum atomic E-state index is 11.5. The van der Waals surface area contributed by atoms with Gasteiger partial charge in [0, 0.05) is 18.6 Å². The topological polar surface area (TPSA) is 97.7 Å². The van der Waals surface area contributed by atoms with Gasteiger partial charge in [0.2, 0.25) is 0 Å². The predicted molar refractivity (Wildman–Crippen MR) is 81.2 cm³/mol. The first kappa shape index (κ1) is 14.1. The number of aromatic amines is 1. The van der Waals surface area contributed by atoms with Gasteiger partial charge in [0.05, 0.1) is 24.1 Å². The summed E-state index contributed by atoms with van der Waals surface area (Å²) in [7, 11) is 1.92. The van der Waals surface area contributed by atoms with E-state index < -0.39 is 0 Å². The van der Waals surface area contributed by atoms with Gasteiger partial charge < -0.3 is 14.6 Å². The van der Waals surface area contributed by atoms with Crippen LogP contribution in [-0.4, -0.2) is 43.9 Å². The monoisotopic (exact) mass is 300 g/mol. The second kappa shape index (κ2) is 5.84. The average Bonchev–Trinajstić information content (AvgIpc) is 3.12. The Bertz CT molecular complexity index is 807. The molecule has 0 aliphatic rings. The molecule has 2 N–H and O–H groups in total. The van der Waals surface area contributed by atoms with Gasteiger partial charge in [-0.25, -0.2) is 9.97 Å². The maximum absolute atomic E-state index is 11.5. The molecule has 0 unspecified atom stereocenters. The SMILES string of the molecule is CCOC(=O)CNc1[nH]ncc1-c1ncnc2c1ccn2C. The zero-order valence-electron chi connectivity index (χ0n) is 12.3. The molecule has 0 aliphatic heterocycles. The lowest BCUT2D eigenvalue weighted by Gasteiger charge is -2.07. The number of hydrogen-bond donors (Lipinski definition) is 2. The molecule has 0 radical (unpaired) electrons. The van der Waals surface area contributed by atoms with E-state index in [4.69, 9.17) is 4.74 Å². The highest BCUT2D eigenvalue weighted by Crippen LogP contribution is 2.29. The Balaban J connectivity index is 1.92. The number of fused-ring (bicyclic) bond motifs is 1. The maximum Gasteiger partial charge on any atom is 0.325 e. The Morgan fingerprint density at radius 1 is 1.45 bits per heavy atom. The molecule has 3 rings (SSSR count). The number of carbonyl (C=O) groups is 1. The smallest absolute Gasteiger partial charge is 0.325 e. The Kier molecular flexibility index (Phi) is 3.73. The standard InChI is InChI=1S/C14H16N6O2/c1-3-22-11(21)7-15-13-10(6-18-19-13)12-9-4-5-20(2)14(9)17-8-16-12/h4-6,8H,3,7H2,1-2H3,(H2,15,18,19). The summed E-state index contributed by atoms with van der Waals surface area (Å²) in [5.74, 6) is 0.299. The van der Waals surface area contributed by atoms with E-state index in [0.717, 1.165) is 22.3 Å². The highest BCUT2D eigenvalue weighted by Gasteiger charge is 2.15. The first-order valence-corrected chi connectivity index (χ1v) is 6.90. The van der Waals surface area contributed by atoms with E-state index in [9.17, 15) is 4.79 Å². The van der Waals surface area contributed by atoms with Crippen LogP contribution < -0.4 is 5.32 Å². The third-order valence-electron chi connectivity index (χ3n) is 3.27. The van der Waals surface area contributed by atoms with E-state index in [-0.39, 0.29) is 12.5 Å². The van der Waals surface area contributed by atoms with Crippen LogP contribution in [0.5, 0.6) is 0 Å². The van der Waals surface area contributed by atoms with Gasteiger partial charge in [-0.05, 0) is 13.0 Å². The van der Waals surface area contributed by atoms with Crippen molar-refractivity contribution in [2.75, 3.05) is 18.5 Å².